The Morgan fingerprint density at radius 2 is 2.24 bits per heavy atom. The maximum Gasteiger partial charge on any atom is 0.128 e. The number of piperazine rings is 1. The number of benzene rings is 1. The van der Waals surface area contributed by atoms with Crippen molar-refractivity contribution < 1.29 is 4.39 Å². The van der Waals surface area contributed by atoms with Crippen LogP contribution in [0.2, 0.25) is 0 Å². The standard InChI is InChI=1S/C16H17BrFN3/c17-14-4-1-5-15(18)13(14)11-21-8-7-20-10-16(21)12-3-2-6-19-9-12/h1-6,9,16,20H,7-8,10-11H2. The van der Waals surface area contributed by atoms with Crippen LogP contribution < -0.4 is 5.32 Å². The van der Waals surface area contributed by atoms with E-state index in [1.165, 1.54) is 6.07 Å². The van der Waals surface area contributed by atoms with Gasteiger partial charge in [-0.1, -0.05) is 28.1 Å². The van der Waals surface area contributed by atoms with Crippen molar-refractivity contribution in [1.82, 2.24) is 15.2 Å². The Morgan fingerprint density at radius 3 is 3.00 bits per heavy atom. The first kappa shape index (κ1) is 14.6. The van der Waals surface area contributed by atoms with Gasteiger partial charge in [0.1, 0.15) is 5.82 Å². The monoisotopic (exact) mass is 349 g/mol. The van der Waals surface area contributed by atoms with Crippen molar-refractivity contribution in [3.05, 3.63) is 64.1 Å². The van der Waals surface area contributed by atoms with Gasteiger partial charge in [-0.2, -0.15) is 0 Å². The summed E-state index contributed by atoms with van der Waals surface area (Å²) in [6.07, 6.45) is 3.67. The van der Waals surface area contributed by atoms with E-state index in [0.717, 1.165) is 29.7 Å². The summed E-state index contributed by atoms with van der Waals surface area (Å²) in [6, 6.07) is 9.37. The first-order valence-electron chi connectivity index (χ1n) is 7.03. The van der Waals surface area contributed by atoms with Crippen LogP contribution in [0.3, 0.4) is 0 Å². The average Bonchev–Trinajstić information content (AvgIpc) is 2.52. The predicted octanol–water partition coefficient (Wildman–Crippen LogP) is 3.13. The molecule has 21 heavy (non-hydrogen) atoms. The van der Waals surface area contributed by atoms with Gasteiger partial charge < -0.3 is 5.32 Å². The Kier molecular flexibility index (Phi) is 4.63. The molecule has 1 fully saturated rings. The lowest BCUT2D eigenvalue weighted by Gasteiger charge is -2.36. The molecule has 0 radical (unpaired) electrons. The first-order valence-corrected chi connectivity index (χ1v) is 7.82. The van der Waals surface area contributed by atoms with Crippen LogP contribution in [0, 0.1) is 5.82 Å². The van der Waals surface area contributed by atoms with Crippen molar-refractivity contribution in [3.8, 4) is 0 Å². The lowest BCUT2D eigenvalue weighted by Crippen LogP contribution is -2.45. The topological polar surface area (TPSA) is 28.2 Å². The van der Waals surface area contributed by atoms with E-state index in [1.807, 2.05) is 18.3 Å². The highest BCUT2D eigenvalue weighted by Gasteiger charge is 2.25. The SMILES string of the molecule is Fc1cccc(Br)c1CN1CCNCC1c1cccnc1. The molecule has 5 heteroatoms. The quantitative estimate of drug-likeness (QED) is 0.922. The third-order valence-electron chi connectivity index (χ3n) is 3.85. The van der Waals surface area contributed by atoms with E-state index in [0.29, 0.717) is 12.1 Å². The van der Waals surface area contributed by atoms with Gasteiger partial charge in [0.05, 0.1) is 0 Å². The van der Waals surface area contributed by atoms with Crippen LogP contribution in [-0.4, -0.2) is 29.5 Å². The minimum absolute atomic E-state index is 0.159. The molecule has 0 spiro atoms. The molecule has 0 amide bonds. The van der Waals surface area contributed by atoms with Crippen LogP contribution >= 0.6 is 15.9 Å². The van der Waals surface area contributed by atoms with E-state index in [9.17, 15) is 4.39 Å². The Labute approximate surface area is 132 Å². The highest BCUT2D eigenvalue weighted by atomic mass is 79.9. The largest absolute Gasteiger partial charge is 0.314 e. The minimum Gasteiger partial charge on any atom is -0.314 e. The molecular formula is C16H17BrFN3. The molecule has 1 aliphatic rings. The molecule has 3 nitrogen and oxygen atoms in total. The van der Waals surface area contributed by atoms with Gasteiger partial charge >= 0.3 is 0 Å². The van der Waals surface area contributed by atoms with E-state index in [4.69, 9.17) is 0 Å². The lowest BCUT2D eigenvalue weighted by molar-refractivity contribution is 0.151. The number of aromatic nitrogens is 1. The van der Waals surface area contributed by atoms with Crippen LogP contribution in [0.25, 0.3) is 0 Å². The fraction of sp³-hybridized carbons (Fsp3) is 0.312. The third kappa shape index (κ3) is 3.31. The summed E-state index contributed by atoms with van der Waals surface area (Å²) >= 11 is 3.46. The summed E-state index contributed by atoms with van der Waals surface area (Å²) in [4.78, 5) is 6.50. The number of nitrogens with one attached hydrogen (secondary N) is 1. The van der Waals surface area contributed by atoms with Gasteiger partial charge in [-0.05, 0) is 23.8 Å². The van der Waals surface area contributed by atoms with Crippen molar-refractivity contribution in [1.29, 1.82) is 0 Å². The second-order valence-corrected chi connectivity index (χ2v) is 6.03. The summed E-state index contributed by atoms with van der Waals surface area (Å²) < 4.78 is 14.9. The molecule has 2 heterocycles. The molecule has 1 unspecified atom stereocenters. The molecule has 1 aromatic carbocycles. The van der Waals surface area contributed by atoms with Gasteiger partial charge in [-0.25, -0.2) is 4.39 Å². The molecule has 1 atom stereocenters. The lowest BCUT2D eigenvalue weighted by atomic mass is 10.0. The molecule has 0 bridgehead atoms. The highest BCUT2D eigenvalue weighted by Crippen LogP contribution is 2.27. The summed E-state index contributed by atoms with van der Waals surface area (Å²) in [6.45, 7) is 3.26. The molecule has 0 aliphatic carbocycles. The molecule has 3 rings (SSSR count). The van der Waals surface area contributed by atoms with Crippen LogP contribution in [0.4, 0.5) is 4.39 Å². The maximum atomic E-state index is 14.1. The number of hydrogen-bond donors (Lipinski definition) is 1. The van der Waals surface area contributed by atoms with E-state index in [-0.39, 0.29) is 11.9 Å². The molecule has 2 aromatic rings. The average molecular weight is 350 g/mol. The zero-order valence-electron chi connectivity index (χ0n) is 11.6. The Morgan fingerprint density at radius 1 is 1.33 bits per heavy atom. The molecule has 1 saturated heterocycles. The molecular weight excluding hydrogens is 333 g/mol. The van der Waals surface area contributed by atoms with Gasteiger partial charge in [0.15, 0.2) is 0 Å². The van der Waals surface area contributed by atoms with Gasteiger partial charge in [0.25, 0.3) is 0 Å². The normalized spacial score (nSPS) is 19.6. The molecule has 1 aliphatic heterocycles. The number of pyridine rings is 1. The molecule has 1 N–H and O–H groups in total. The van der Waals surface area contributed by atoms with Gasteiger partial charge in [-0.3, -0.25) is 9.88 Å². The van der Waals surface area contributed by atoms with E-state index < -0.39 is 0 Å². The fourth-order valence-corrected chi connectivity index (χ4v) is 3.19. The number of halogens is 2. The highest BCUT2D eigenvalue weighted by molar-refractivity contribution is 9.10. The van der Waals surface area contributed by atoms with E-state index >= 15 is 0 Å². The summed E-state index contributed by atoms with van der Waals surface area (Å²) in [5.74, 6) is -0.159. The Bertz CT molecular complexity index is 585. The molecule has 110 valence electrons. The Hall–Kier alpha value is -1.30. The van der Waals surface area contributed by atoms with Gasteiger partial charge in [-0.15, -0.1) is 0 Å². The van der Waals surface area contributed by atoms with Crippen molar-refractivity contribution >= 4 is 15.9 Å². The smallest absolute Gasteiger partial charge is 0.128 e. The maximum absolute atomic E-state index is 14.1. The van der Waals surface area contributed by atoms with E-state index in [1.54, 1.807) is 12.3 Å². The molecule has 1 aromatic heterocycles. The minimum atomic E-state index is -0.159. The Balaban J connectivity index is 1.85. The zero-order chi connectivity index (χ0) is 14.7. The summed E-state index contributed by atoms with van der Waals surface area (Å²) in [7, 11) is 0. The van der Waals surface area contributed by atoms with Crippen molar-refractivity contribution in [3.63, 3.8) is 0 Å². The van der Waals surface area contributed by atoms with Gasteiger partial charge in [0, 0.05) is 54.7 Å². The van der Waals surface area contributed by atoms with E-state index in [2.05, 4.69) is 37.2 Å². The zero-order valence-corrected chi connectivity index (χ0v) is 13.2. The number of rotatable bonds is 3. The molecule has 0 saturated carbocycles. The number of hydrogen-bond acceptors (Lipinski definition) is 3. The van der Waals surface area contributed by atoms with Crippen molar-refractivity contribution in [2.45, 2.75) is 12.6 Å². The van der Waals surface area contributed by atoms with Crippen LogP contribution in [-0.2, 0) is 6.54 Å². The second kappa shape index (κ2) is 6.64. The van der Waals surface area contributed by atoms with Crippen LogP contribution in [0.5, 0.6) is 0 Å². The fourth-order valence-electron chi connectivity index (χ4n) is 2.72. The third-order valence-corrected chi connectivity index (χ3v) is 4.59. The van der Waals surface area contributed by atoms with Crippen LogP contribution in [0.15, 0.2) is 47.2 Å². The first-order chi connectivity index (χ1) is 10.3. The van der Waals surface area contributed by atoms with Gasteiger partial charge in [0.2, 0.25) is 0 Å². The number of nitrogens with zero attached hydrogens (tertiary/aromatic N) is 2. The predicted molar refractivity (Wildman–Crippen MR) is 84.4 cm³/mol. The van der Waals surface area contributed by atoms with Crippen molar-refractivity contribution in [2.75, 3.05) is 19.6 Å². The van der Waals surface area contributed by atoms with Crippen LogP contribution in [0.1, 0.15) is 17.2 Å². The van der Waals surface area contributed by atoms with Crippen molar-refractivity contribution in [2.24, 2.45) is 0 Å². The summed E-state index contributed by atoms with van der Waals surface area (Å²) in [5.41, 5.74) is 1.88. The second-order valence-electron chi connectivity index (χ2n) is 5.18. The summed E-state index contributed by atoms with van der Waals surface area (Å²) in [5, 5.41) is 3.40.